The maximum Gasteiger partial charge on any atom is -1.00 e. The van der Waals surface area contributed by atoms with Crippen molar-refractivity contribution in [1.29, 1.82) is 0 Å². The molecule has 0 amide bonds. The van der Waals surface area contributed by atoms with Gasteiger partial charge in [-0.05, 0) is 84.5 Å². The van der Waals surface area contributed by atoms with Crippen LogP contribution in [0.5, 0.6) is 0 Å². The molecule has 6 aromatic carbocycles. The van der Waals surface area contributed by atoms with E-state index in [-0.39, 0.29) is 30.2 Å². The Labute approximate surface area is 367 Å². The summed E-state index contributed by atoms with van der Waals surface area (Å²) in [6.07, 6.45) is 18.7. The summed E-state index contributed by atoms with van der Waals surface area (Å²) >= 11 is 1.74. The van der Waals surface area contributed by atoms with Crippen molar-refractivity contribution < 1.29 is 48.1 Å². The monoisotopic (exact) mass is 876 g/mol. The van der Waals surface area contributed by atoms with Crippen LogP contribution in [0.15, 0.2) is 109 Å². The maximum absolute atomic E-state index is 2.47. The fourth-order valence-corrected chi connectivity index (χ4v) is 9.57. The number of hydrogen-bond acceptors (Lipinski definition) is 0. The Balaban J connectivity index is 0.000000220. The van der Waals surface area contributed by atoms with Gasteiger partial charge in [-0.2, -0.15) is 12.1 Å². The molecule has 0 heterocycles. The van der Waals surface area contributed by atoms with Crippen LogP contribution in [-0.2, 0) is 49.0 Å². The predicted molar refractivity (Wildman–Crippen MR) is 236 cm³/mol. The molecule has 0 atom stereocenters. The molecule has 8 rings (SSSR count). The van der Waals surface area contributed by atoms with Crippen LogP contribution in [0.3, 0.4) is 0 Å². The zero-order chi connectivity index (χ0) is 38.1. The summed E-state index contributed by atoms with van der Waals surface area (Å²) in [7, 11) is 0. The van der Waals surface area contributed by atoms with E-state index in [2.05, 4.69) is 150 Å². The summed E-state index contributed by atoms with van der Waals surface area (Å²) in [6.45, 7) is 13.8. The summed E-state index contributed by atoms with van der Waals surface area (Å²) < 4.78 is 0. The summed E-state index contributed by atoms with van der Waals surface area (Å²) in [5, 5.41) is 5.64. The molecule has 0 bridgehead atoms. The van der Waals surface area contributed by atoms with Gasteiger partial charge in [-0.25, -0.2) is 0 Å². The Morgan fingerprint density at radius 1 is 0.536 bits per heavy atom. The summed E-state index contributed by atoms with van der Waals surface area (Å²) in [5.74, 6) is 0. The van der Waals surface area contributed by atoms with Crippen molar-refractivity contribution in [2.45, 2.75) is 131 Å². The van der Waals surface area contributed by atoms with Gasteiger partial charge < -0.3 is 24.8 Å². The summed E-state index contributed by atoms with van der Waals surface area (Å²) in [6, 6.07) is 41.5. The van der Waals surface area contributed by atoms with Gasteiger partial charge >= 0.3 is 41.9 Å². The zero-order valence-electron chi connectivity index (χ0n) is 35.0. The average Bonchev–Trinajstić information content (AvgIpc) is 4.02. The minimum atomic E-state index is 0. The van der Waals surface area contributed by atoms with Crippen LogP contribution in [-0.4, -0.2) is 5.43 Å². The van der Waals surface area contributed by atoms with Crippen LogP contribution in [0.1, 0.15) is 114 Å². The number of aryl methyl sites for hydroxylation is 2. The standard InChI is InChI=1S/2C25H29.C2H6Si.2ClH.Zr/c2*1-3-19-10-12-21(13-11-19)23-9-7-8-22-16-20(17-24(22)23)18-25(4-2)14-5-6-15-25;1-3-2;;;/h2*7-13,16-17H,3-6,14-15,18H2,1-2H3;1-2H3;2*1H;/q2*-1;;;;+2/p-2. The van der Waals surface area contributed by atoms with E-state index in [4.69, 9.17) is 0 Å². The molecule has 0 radical (unpaired) electrons. The van der Waals surface area contributed by atoms with Crippen LogP contribution in [0, 0.1) is 10.8 Å². The van der Waals surface area contributed by atoms with Gasteiger partial charge in [0, 0.05) is 0 Å². The van der Waals surface area contributed by atoms with Crippen LogP contribution in [0.2, 0.25) is 13.1 Å². The minimum absolute atomic E-state index is 0. The van der Waals surface area contributed by atoms with E-state index in [1.165, 1.54) is 143 Å². The van der Waals surface area contributed by atoms with E-state index in [9.17, 15) is 0 Å². The van der Waals surface area contributed by atoms with Gasteiger partial charge in [-0.1, -0.05) is 138 Å². The largest absolute Gasteiger partial charge is 1.00 e. The molecule has 0 unspecified atom stereocenters. The fraction of sp³-hybridized carbons (Fsp3) is 0.423. The van der Waals surface area contributed by atoms with E-state index in [0.29, 0.717) is 10.8 Å². The van der Waals surface area contributed by atoms with Gasteiger partial charge in [0.2, 0.25) is 0 Å². The van der Waals surface area contributed by atoms with Gasteiger partial charge in [0.25, 0.3) is 0 Å². The number of hydrogen-bond donors (Lipinski definition) is 0. The molecule has 4 heteroatoms. The molecule has 296 valence electrons. The first-order valence-corrected chi connectivity index (χ1v) is 27.4. The first-order chi connectivity index (χ1) is 26.2. The van der Waals surface area contributed by atoms with Gasteiger partial charge in [0.1, 0.15) is 0 Å². The number of halogens is 2. The molecule has 2 aliphatic rings. The number of fused-ring (bicyclic) bond motifs is 2. The third-order valence-electron chi connectivity index (χ3n) is 13.0. The van der Waals surface area contributed by atoms with Crippen molar-refractivity contribution in [2.75, 3.05) is 0 Å². The van der Waals surface area contributed by atoms with Gasteiger partial charge in [0.05, 0.1) is 0 Å². The quantitative estimate of drug-likeness (QED) is 0.0952. The Bertz CT molecular complexity index is 1950. The minimum Gasteiger partial charge on any atom is -1.00 e. The van der Waals surface area contributed by atoms with E-state index in [1.54, 1.807) is 23.3 Å². The van der Waals surface area contributed by atoms with E-state index in [0.717, 1.165) is 12.8 Å². The second-order valence-corrected chi connectivity index (χ2v) is 26.3. The van der Waals surface area contributed by atoms with Gasteiger partial charge in [0.15, 0.2) is 0 Å². The molecule has 56 heavy (non-hydrogen) atoms. The molecule has 0 spiro atoms. The van der Waals surface area contributed by atoms with Crippen molar-refractivity contribution in [3.05, 3.63) is 131 Å². The molecule has 2 saturated carbocycles. The van der Waals surface area contributed by atoms with Crippen molar-refractivity contribution in [1.82, 2.24) is 0 Å². The Morgan fingerprint density at radius 3 is 1.18 bits per heavy atom. The zero-order valence-corrected chi connectivity index (χ0v) is 40.0. The Kier molecular flexibility index (Phi) is 18.0. The molecule has 0 saturated heterocycles. The third-order valence-corrected chi connectivity index (χ3v) is 13.0. The van der Waals surface area contributed by atoms with Crippen LogP contribution < -0.4 is 24.8 Å². The smallest absolute Gasteiger partial charge is 1.00 e. The first-order valence-electron chi connectivity index (χ1n) is 21.3. The van der Waals surface area contributed by atoms with Crippen molar-refractivity contribution in [3.8, 4) is 22.3 Å². The Morgan fingerprint density at radius 2 is 0.875 bits per heavy atom. The molecular formula is C52H64Cl2SiZr-2. The molecule has 0 aliphatic heterocycles. The summed E-state index contributed by atoms with van der Waals surface area (Å²) in [4.78, 5) is 0. The van der Waals surface area contributed by atoms with Gasteiger partial charge in [-0.3, -0.25) is 0 Å². The molecule has 0 aromatic heterocycles. The first kappa shape index (κ1) is 46.5. The topological polar surface area (TPSA) is 0 Å². The second kappa shape index (κ2) is 21.7. The number of benzene rings is 4. The summed E-state index contributed by atoms with van der Waals surface area (Å²) in [5.41, 5.74) is 12.7. The van der Waals surface area contributed by atoms with E-state index < -0.39 is 0 Å². The van der Waals surface area contributed by atoms with E-state index in [1.807, 2.05) is 0 Å². The fourth-order valence-electron chi connectivity index (χ4n) is 9.57. The van der Waals surface area contributed by atoms with Gasteiger partial charge in [-0.15, -0.1) is 69.1 Å². The van der Waals surface area contributed by atoms with Crippen LogP contribution >= 0.6 is 0 Å². The predicted octanol–water partition coefficient (Wildman–Crippen LogP) is 9.39. The van der Waals surface area contributed by atoms with Crippen molar-refractivity contribution in [2.24, 2.45) is 10.8 Å². The number of rotatable bonds is 10. The van der Waals surface area contributed by atoms with Crippen LogP contribution in [0.25, 0.3) is 43.8 Å². The third kappa shape index (κ3) is 11.5. The van der Waals surface area contributed by atoms with Crippen LogP contribution in [0.4, 0.5) is 0 Å². The normalized spacial score (nSPS) is 15.3. The van der Waals surface area contributed by atoms with E-state index >= 15 is 0 Å². The maximum atomic E-state index is 2.47. The molecule has 6 aromatic rings. The molecule has 2 aliphatic carbocycles. The molecule has 0 nitrogen and oxygen atoms in total. The van der Waals surface area contributed by atoms with Crippen molar-refractivity contribution in [3.63, 3.8) is 0 Å². The molecule has 0 N–H and O–H groups in total. The average molecular weight is 879 g/mol. The Hall–Kier alpha value is -2.22. The second-order valence-electron chi connectivity index (χ2n) is 16.9. The SMILES string of the molecule is CCc1ccc(-c2cccc3[cH-]c(CC4(CC)CCCC4)cc23)cc1.CCc1ccc(-c2cccc3[cH-]c(CC4(CC)CCCC4)cc23)cc1.C[Si](C)=[Zr+2].[Cl-].[Cl-]. The van der Waals surface area contributed by atoms with Crippen molar-refractivity contribution >= 4 is 27.0 Å². The molecular weight excluding hydrogens is 815 g/mol. The molecule has 2 fully saturated rings.